The van der Waals surface area contributed by atoms with Gasteiger partial charge in [-0.1, -0.05) is 26.8 Å². The van der Waals surface area contributed by atoms with Gasteiger partial charge < -0.3 is 15.0 Å². The topological polar surface area (TPSA) is 41.6 Å². The molecule has 2 rings (SSSR count). The van der Waals surface area contributed by atoms with Gasteiger partial charge in [0, 0.05) is 26.2 Å². The van der Waals surface area contributed by atoms with Crippen LogP contribution in [0.15, 0.2) is 18.2 Å². The first kappa shape index (κ1) is 16.8. The summed E-state index contributed by atoms with van der Waals surface area (Å²) in [6, 6.07) is 6.00. The van der Waals surface area contributed by atoms with Crippen molar-refractivity contribution in [1.29, 1.82) is 0 Å². The largest absolute Gasteiger partial charge is 0.490 e. The van der Waals surface area contributed by atoms with E-state index in [1.54, 1.807) is 0 Å². The number of nitrogens with one attached hydrogen (secondary N) is 1. The van der Waals surface area contributed by atoms with E-state index in [4.69, 9.17) is 4.74 Å². The van der Waals surface area contributed by atoms with E-state index in [-0.39, 0.29) is 17.4 Å². The molecule has 22 heavy (non-hydrogen) atoms. The maximum atomic E-state index is 12.9. The molecule has 1 saturated heterocycles. The van der Waals surface area contributed by atoms with Crippen LogP contribution in [0.1, 0.15) is 50.5 Å². The summed E-state index contributed by atoms with van der Waals surface area (Å²) in [6.45, 7) is 13.6. The molecule has 1 aliphatic heterocycles. The zero-order valence-corrected chi connectivity index (χ0v) is 14.4. The molecular weight excluding hydrogens is 276 g/mol. The molecule has 0 bridgehead atoms. The van der Waals surface area contributed by atoms with Crippen LogP contribution >= 0.6 is 0 Å². The number of carbonyl (C=O) groups is 1. The number of rotatable bonds is 3. The minimum absolute atomic E-state index is 0.00877. The summed E-state index contributed by atoms with van der Waals surface area (Å²) in [5.74, 6) is 0.759. The van der Waals surface area contributed by atoms with Crippen LogP contribution in [0.25, 0.3) is 0 Å². The van der Waals surface area contributed by atoms with E-state index in [0.29, 0.717) is 11.3 Å². The highest BCUT2D eigenvalue weighted by Crippen LogP contribution is 2.29. The van der Waals surface area contributed by atoms with Gasteiger partial charge in [0.1, 0.15) is 5.75 Å². The molecule has 1 amide bonds. The number of hydrogen-bond acceptors (Lipinski definition) is 3. The minimum atomic E-state index is 0.00877. The number of ether oxygens (including phenoxy) is 1. The Morgan fingerprint density at radius 2 is 1.86 bits per heavy atom. The minimum Gasteiger partial charge on any atom is -0.490 e. The third-order valence-electron chi connectivity index (χ3n) is 3.84. The van der Waals surface area contributed by atoms with Crippen LogP contribution in [0.5, 0.6) is 5.75 Å². The Kier molecular flexibility index (Phi) is 5.12. The molecular formula is C18H28N2O2. The lowest BCUT2D eigenvalue weighted by atomic mass is 9.86. The van der Waals surface area contributed by atoms with E-state index >= 15 is 0 Å². The second kappa shape index (κ2) is 6.69. The second-order valence-corrected chi connectivity index (χ2v) is 7.17. The molecule has 1 aliphatic rings. The third kappa shape index (κ3) is 4.01. The van der Waals surface area contributed by atoms with Gasteiger partial charge in [0.2, 0.25) is 0 Å². The van der Waals surface area contributed by atoms with Gasteiger partial charge >= 0.3 is 0 Å². The van der Waals surface area contributed by atoms with E-state index in [0.717, 1.165) is 31.7 Å². The molecule has 122 valence electrons. The molecule has 0 saturated carbocycles. The average Bonchev–Trinajstić information content (AvgIpc) is 2.46. The third-order valence-corrected chi connectivity index (χ3v) is 3.84. The first-order valence-electron chi connectivity index (χ1n) is 8.10. The predicted molar refractivity (Wildman–Crippen MR) is 89.7 cm³/mol. The summed E-state index contributed by atoms with van der Waals surface area (Å²) < 4.78 is 5.86. The van der Waals surface area contributed by atoms with Crippen molar-refractivity contribution < 1.29 is 9.53 Å². The van der Waals surface area contributed by atoms with Crippen LogP contribution in [0.4, 0.5) is 0 Å². The Hall–Kier alpha value is -1.55. The molecule has 0 radical (unpaired) electrons. The van der Waals surface area contributed by atoms with Crippen LogP contribution < -0.4 is 10.1 Å². The Labute approximate surface area is 133 Å². The fraction of sp³-hybridized carbons (Fsp3) is 0.611. The van der Waals surface area contributed by atoms with Gasteiger partial charge in [-0.15, -0.1) is 0 Å². The van der Waals surface area contributed by atoms with Gasteiger partial charge in [-0.05, 0) is 37.0 Å². The van der Waals surface area contributed by atoms with Crippen molar-refractivity contribution in [2.75, 3.05) is 26.2 Å². The molecule has 1 aromatic carbocycles. The molecule has 1 heterocycles. The fourth-order valence-electron chi connectivity index (χ4n) is 2.56. The van der Waals surface area contributed by atoms with Crippen molar-refractivity contribution in [2.45, 2.75) is 46.1 Å². The molecule has 4 heteroatoms. The van der Waals surface area contributed by atoms with Crippen LogP contribution in [0.2, 0.25) is 0 Å². The summed E-state index contributed by atoms with van der Waals surface area (Å²) in [7, 11) is 0. The average molecular weight is 304 g/mol. The first-order chi connectivity index (χ1) is 10.3. The van der Waals surface area contributed by atoms with Crippen LogP contribution in [-0.4, -0.2) is 43.1 Å². The van der Waals surface area contributed by atoms with Crippen LogP contribution in [0, 0.1) is 0 Å². The highest BCUT2D eigenvalue weighted by Gasteiger charge is 2.24. The maximum absolute atomic E-state index is 12.9. The zero-order valence-electron chi connectivity index (χ0n) is 14.4. The molecule has 1 N–H and O–H groups in total. The van der Waals surface area contributed by atoms with Gasteiger partial charge in [-0.25, -0.2) is 0 Å². The summed E-state index contributed by atoms with van der Waals surface area (Å²) in [4.78, 5) is 14.8. The molecule has 0 atom stereocenters. The Morgan fingerprint density at radius 3 is 2.41 bits per heavy atom. The van der Waals surface area contributed by atoms with Gasteiger partial charge in [-0.2, -0.15) is 0 Å². The molecule has 0 aromatic heterocycles. The van der Waals surface area contributed by atoms with Crippen molar-refractivity contribution in [1.82, 2.24) is 10.2 Å². The lowest BCUT2D eigenvalue weighted by molar-refractivity contribution is 0.0729. The molecule has 0 unspecified atom stereocenters. The number of hydrogen-bond donors (Lipinski definition) is 1. The van der Waals surface area contributed by atoms with Gasteiger partial charge in [0.25, 0.3) is 5.91 Å². The number of amides is 1. The Morgan fingerprint density at radius 1 is 1.23 bits per heavy atom. The van der Waals surface area contributed by atoms with Crippen LogP contribution in [-0.2, 0) is 5.41 Å². The highest BCUT2D eigenvalue weighted by molar-refractivity contribution is 5.97. The fourth-order valence-corrected chi connectivity index (χ4v) is 2.56. The van der Waals surface area contributed by atoms with Crippen LogP contribution in [0.3, 0.4) is 0 Å². The molecule has 1 aromatic rings. The van der Waals surface area contributed by atoms with Crippen molar-refractivity contribution in [3.8, 4) is 5.75 Å². The summed E-state index contributed by atoms with van der Waals surface area (Å²) in [6.07, 6.45) is 0.0510. The quantitative estimate of drug-likeness (QED) is 0.933. The Balaban J connectivity index is 2.37. The summed E-state index contributed by atoms with van der Waals surface area (Å²) in [5, 5.41) is 3.28. The standard InChI is InChI=1S/C18H28N2O2/c1-13(2)22-16-7-6-14(18(3,4)5)12-15(16)17(21)20-10-8-19-9-11-20/h6-7,12-13,19H,8-11H2,1-5H3. The predicted octanol–water partition coefficient (Wildman–Crippen LogP) is 2.82. The lowest BCUT2D eigenvalue weighted by Crippen LogP contribution is -2.46. The number of piperazine rings is 1. The monoisotopic (exact) mass is 304 g/mol. The van der Waals surface area contributed by atoms with E-state index < -0.39 is 0 Å². The van der Waals surface area contributed by atoms with E-state index in [9.17, 15) is 4.79 Å². The smallest absolute Gasteiger partial charge is 0.257 e. The van der Waals surface area contributed by atoms with E-state index in [1.807, 2.05) is 30.9 Å². The maximum Gasteiger partial charge on any atom is 0.257 e. The summed E-state index contributed by atoms with van der Waals surface area (Å²) in [5.41, 5.74) is 1.85. The van der Waals surface area contributed by atoms with Crippen molar-refractivity contribution in [3.05, 3.63) is 29.3 Å². The van der Waals surface area contributed by atoms with Gasteiger partial charge in [0.15, 0.2) is 0 Å². The SMILES string of the molecule is CC(C)Oc1ccc(C(C)(C)C)cc1C(=O)N1CCNCC1. The van der Waals surface area contributed by atoms with Crippen molar-refractivity contribution in [3.63, 3.8) is 0 Å². The normalized spacial score (nSPS) is 16.0. The number of nitrogens with zero attached hydrogens (tertiary/aromatic N) is 1. The van der Waals surface area contributed by atoms with Crippen molar-refractivity contribution >= 4 is 5.91 Å². The number of benzene rings is 1. The Bertz CT molecular complexity index is 526. The molecule has 0 spiro atoms. The molecule has 0 aliphatic carbocycles. The van der Waals surface area contributed by atoms with Crippen molar-refractivity contribution in [2.24, 2.45) is 0 Å². The molecule has 1 fully saturated rings. The second-order valence-electron chi connectivity index (χ2n) is 7.17. The van der Waals surface area contributed by atoms with Gasteiger partial charge in [0.05, 0.1) is 11.7 Å². The number of carbonyl (C=O) groups excluding carboxylic acids is 1. The highest BCUT2D eigenvalue weighted by atomic mass is 16.5. The lowest BCUT2D eigenvalue weighted by Gasteiger charge is -2.29. The first-order valence-corrected chi connectivity index (χ1v) is 8.10. The zero-order chi connectivity index (χ0) is 16.3. The van der Waals surface area contributed by atoms with E-state index in [1.165, 1.54) is 0 Å². The van der Waals surface area contributed by atoms with E-state index in [2.05, 4.69) is 32.2 Å². The van der Waals surface area contributed by atoms with Gasteiger partial charge in [-0.3, -0.25) is 4.79 Å². The molecule has 4 nitrogen and oxygen atoms in total. The summed E-state index contributed by atoms with van der Waals surface area (Å²) >= 11 is 0.